The van der Waals surface area contributed by atoms with Gasteiger partial charge in [0.2, 0.25) is 5.91 Å². The summed E-state index contributed by atoms with van der Waals surface area (Å²) < 4.78 is 0. The van der Waals surface area contributed by atoms with E-state index >= 15 is 0 Å². The number of rotatable bonds is 2. The van der Waals surface area contributed by atoms with E-state index < -0.39 is 0 Å². The molecular weight excluding hydrogens is 238 g/mol. The van der Waals surface area contributed by atoms with E-state index in [2.05, 4.69) is 30.7 Å². The molecule has 0 aliphatic carbocycles. The van der Waals surface area contributed by atoms with Gasteiger partial charge < -0.3 is 0 Å². The number of amides is 1. The van der Waals surface area contributed by atoms with Crippen molar-refractivity contribution in [3.05, 3.63) is 30.7 Å². The van der Waals surface area contributed by atoms with Crippen molar-refractivity contribution in [2.45, 2.75) is 27.2 Å². The minimum absolute atomic E-state index is 0.0336. The number of fused-ring (bicyclic) bond motifs is 1. The topological polar surface area (TPSA) is 46.1 Å². The number of aromatic nitrogens is 2. The minimum atomic E-state index is -0.0336. The predicted molar refractivity (Wildman–Crippen MR) is 77.0 cm³/mol. The highest BCUT2D eigenvalue weighted by molar-refractivity contribution is 6.01. The summed E-state index contributed by atoms with van der Waals surface area (Å²) in [6, 6.07) is 3.84. The molecule has 0 saturated carbocycles. The Labute approximate surface area is 113 Å². The van der Waals surface area contributed by atoms with E-state index in [9.17, 15) is 4.79 Å². The van der Waals surface area contributed by atoms with Gasteiger partial charge >= 0.3 is 0 Å². The second-order valence-electron chi connectivity index (χ2n) is 5.92. The summed E-state index contributed by atoms with van der Waals surface area (Å²) in [5, 5.41) is 1.94. The van der Waals surface area contributed by atoms with Gasteiger partial charge in [-0.3, -0.25) is 14.7 Å². The normalized spacial score (nSPS) is 11.6. The zero-order valence-electron chi connectivity index (χ0n) is 11.8. The van der Waals surface area contributed by atoms with Crippen LogP contribution in [0, 0.1) is 5.41 Å². The first kappa shape index (κ1) is 13.5. The van der Waals surface area contributed by atoms with Crippen LogP contribution in [0.15, 0.2) is 30.7 Å². The Morgan fingerprint density at radius 2 is 1.95 bits per heavy atom. The maximum atomic E-state index is 12.3. The fourth-order valence-electron chi connectivity index (χ4n) is 1.95. The van der Waals surface area contributed by atoms with Crippen molar-refractivity contribution in [2.75, 3.05) is 11.9 Å². The first-order valence-corrected chi connectivity index (χ1v) is 6.34. The van der Waals surface area contributed by atoms with Crippen LogP contribution in [0.5, 0.6) is 0 Å². The zero-order chi connectivity index (χ0) is 14.0. The molecule has 19 heavy (non-hydrogen) atoms. The van der Waals surface area contributed by atoms with E-state index in [1.165, 1.54) is 0 Å². The van der Waals surface area contributed by atoms with Crippen LogP contribution in [0.1, 0.15) is 27.2 Å². The van der Waals surface area contributed by atoms with Crippen molar-refractivity contribution in [3.63, 3.8) is 0 Å². The molecule has 0 saturated heterocycles. The first-order chi connectivity index (χ1) is 8.88. The number of anilines is 1. The van der Waals surface area contributed by atoms with E-state index in [4.69, 9.17) is 0 Å². The first-order valence-electron chi connectivity index (χ1n) is 6.34. The van der Waals surface area contributed by atoms with Crippen LogP contribution in [-0.4, -0.2) is 22.9 Å². The van der Waals surface area contributed by atoms with Crippen LogP contribution < -0.4 is 4.90 Å². The third-order valence-electron chi connectivity index (χ3n) is 2.92. The highest BCUT2D eigenvalue weighted by Gasteiger charge is 2.21. The molecule has 0 radical (unpaired) electrons. The second kappa shape index (κ2) is 4.96. The highest BCUT2D eigenvalue weighted by atomic mass is 16.2. The third-order valence-corrected chi connectivity index (χ3v) is 2.92. The van der Waals surface area contributed by atoms with Crippen LogP contribution in [0.3, 0.4) is 0 Å². The average Bonchev–Trinajstić information content (AvgIpc) is 2.35. The molecule has 4 heteroatoms. The summed E-state index contributed by atoms with van der Waals surface area (Å²) in [4.78, 5) is 22.3. The molecule has 0 unspecified atom stereocenters. The zero-order valence-corrected chi connectivity index (χ0v) is 11.8. The van der Waals surface area contributed by atoms with Crippen molar-refractivity contribution in [3.8, 4) is 0 Å². The van der Waals surface area contributed by atoms with Crippen LogP contribution >= 0.6 is 0 Å². The Kier molecular flexibility index (Phi) is 3.51. The van der Waals surface area contributed by atoms with Crippen molar-refractivity contribution >= 4 is 22.5 Å². The van der Waals surface area contributed by atoms with Crippen molar-refractivity contribution < 1.29 is 4.79 Å². The van der Waals surface area contributed by atoms with Crippen molar-refractivity contribution in [1.29, 1.82) is 0 Å². The van der Waals surface area contributed by atoms with Gasteiger partial charge in [-0.15, -0.1) is 0 Å². The maximum Gasteiger partial charge on any atom is 0.228 e. The van der Waals surface area contributed by atoms with Gasteiger partial charge in [-0.1, -0.05) is 20.8 Å². The Hall–Kier alpha value is -1.97. The van der Waals surface area contributed by atoms with Gasteiger partial charge in [-0.25, -0.2) is 4.98 Å². The van der Waals surface area contributed by atoms with E-state index in [1.54, 1.807) is 30.5 Å². The largest absolute Gasteiger partial charge is 0.299 e. The molecule has 0 atom stereocenters. The molecule has 0 aromatic carbocycles. The van der Waals surface area contributed by atoms with Gasteiger partial charge in [0.25, 0.3) is 0 Å². The Bertz CT molecular complexity index is 596. The number of hydrogen-bond donors (Lipinski definition) is 0. The maximum absolute atomic E-state index is 12.3. The third kappa shape index (κ3) is 3.08. The van der Waals surface area contributed by atoms with Crippen molar-refractivity contribution in [1.82, 2.24) is 9.97 Å². The molecule has 0 bridgehead atoms. The summed E-state index contributed by atoms with van der Waals surface area (Å²) in [7, 11) is 1.77. The van der Waals surface area contributed by atoms with Gasteiger partial charge in [-0.05, 0) is 22.9 Å². The van der Waals surface area contributed by atoms with Crippen LogP contribution in [0.4, 0.5) is 5.82 Å². The summed E-state index contributed by atoms with van der Waals surface area (Å²) in [5.74, 6) is 0.733. The highest BCUT2D eigenvalue weighted by Crippen LogP contribution is 2.25. The van der Waals surface area contributed by atoms with E-state index in [-0.39, 0.29) is 11.3 Å². The van der Waals surface area contributed by atoms with Gasteiger partial charge in [0.05, 0.1) is 0 Å². The molecule has 2 aromatic heterocycles. The second-order valence-corrected chi connectivity index (χ2v) is 5.92. The molecule has 1 amide bonds. The number of nitrogens with zero attached hydrogens (tertiary/aromatic N) is 3. The quantitative estimate of drug-likeness (QED) is 0.830. The van der Waals surface area contributed by atoms with E-state index in [1.807, 2.05) is 12.1 Å². The lowest BCUT2D eigenvalue weighted by Gasteiger charge is -2.23. The molecule has 0 aliphatic rings. The lowest BCUT2D eigenvalue weighted by atomic mass is 9.91. The Morgan fingerprint density at radius 1 is 1.26 bits per heavy atom. The number of carbonyl (C=O) groups is 1. The molecule has 4 nitrogen and oxygen atoms in total. The monoisotopic (exact) mass is 257 g/mol. The molecule has 2 heterocycles. The van der Waals surface area contributed by atoms with Crippen LogP contribution in [-0.2, 0) is 4.79 Å². The fraction of sp³-hybridized carbons (Fsp3) is 0.400. The van der Waals surface area contributed by atoms with Gasteiger partial charge in [0.15, 0.2) is 0 Å². The lowest BCUT2D eigenvalue weighted by molar-refractivity contribution is -0.120. The van der Waals surface area contributed by atoms with Gasteiger partial charge in [0, 0.05) is 37.4 Å². The molecule has 0 N–H and O–H groups in total. The molecule has 0 aliphatic heterocycles. The molecule has 2 rings (SSSR count). The number of carbonyl (C=O) groups excluding carboxylic acids is 1. The number of hydrogen-bond acceptors (Lipinski definition) is 3. The van der Waals surface area contributed by atoms with E-state index in [0.717, 1.165) is 10.8 Å². The summed E-state index contributed by atoms with van der Waals surface area (Å²) in [6.45, 7) is 6.16. The Balaban J connectivity index is 2.36. The minimum Gasteiger partial charge on any atom is -0.299 e. The van der Waals surface area contributed by atoms with Gasteiger partial charge in [-0.2, -0.15) is 0 Å². The van der Waals surface area contributed by atoms with E-state index in [0.29, 0.717) is 12.2 Å². The average molecular weight is 257 g/mol. The van der Waals surface area contributed by atoms with Crippen LogP contribution in [0.2, 0.25) is 0 Å². The summed E-state index contributed by atoms with van der Waals surface area (Å²) >= 11 is 0. The summed E-state index contributed by atoms with van der Waals surface area (Å²) in [5.41, 5.74) is -0.0336. The number of pyridine rings is 2. The Morgan fingerprint density at radius 3 is 2.63 bits per heavy atom. The molecule has 0 spiro atoms. The predicted octanol–water partition coefficient (Wildman–Crippen LogP) is 3.03. The molecule has 2 aromatic rings. The smallest absolute Gasteiger partial charge is 0.228 e. The molecule has 100 valence electrons. The molecular formula is C15H19N3O. The fourth-order valence-corrected chi connectivity index (χ4v) is 1.95. The van der Waals surface area contributed by atoms with Crippen molar-refractivity contribution in [2.24, 2.45) is 5.41 Å². The lowest BCUT2D eigenvalue weighted by Crippen LogP contribution is -2.30. The van der Waals surface area contributed by atoms with Crippen LogP contribution in [0.25, 0.3) is 10.8 Å². The van der Waals surface area contributed by atoms with Gasteiger partial charge in [0.1, 0.15) is 5.82 Å². The standard InChI is InChI=1S/C15H19N3O/c1-15(2,3)9-13(19)18(4)14-12-10-16-7-5-11(12)6-8-17-14/h5-8,10H,9H2,1-4H3. The molecule has 0 fully saturated rings. The SMILES string of the molecule is CN(C(=O)CC(C)(C)C)c1nccc2ccncc12. The summed E-state index contributed by atoms with van der Waals surface area (Å²) in [6.07, 6.45) is 5.70.